The van der Waals surface area contributed by atoms with Gasteiger partial charge in [0.25, 0.3) is 0 Å². The van der Waals surface area contributed by atoms with Gasteiger partial charge < -0.3 is 15.0 Å². The van der Waals surface area contributed by atoms with E-state index in [2.05, 4.69) is 15.3 Å². The number of ether oxygens (including phenoxy) is 1. The number of benzene rings is 1. The molecule has 4 nitrogen and oxygen atoms in total. The highest BCUT2D eigenvalue weighted by atomic mass is 19.1. The highest BCUT2D eigenvalue weighted by Gasteiger charge is 2.10. The molecule has 0 bridgehead atoms. The van der Waals surface area contributed by atoms with E-state index in [9.17, 15) is 4.39 Å². The van der Waals surface area contributed by atoms with E-state index in [1.54, 1.807) is 18.5 Å². The Morgan fingerprint density at radius 2 is 2.29 bits per heavy atom. The van der Waals surface area contributed by atoms with Gasteiger partial charge in [-0.3, -0.25) is 0 Å². The fraction of sp³-hybridized carbons (Fsp3) is 0.250. The lowest BCUT2D eigenvalue weighted by Gasteiger charge is -2.05. The molecule has 0 atom stereocenters. The van der Waals surface area contributed by atoms with Crippen LogP contribution in [-0.4, -0.2) is 24.1 Å². The summed E-state index contributed by atoms with van der Waals surface area (Å²) in [5.41, 5.74) is 2.41. The molecule has 0 saturated heterocycles. The van der Waals surface area contributed by atoms with E-state index >= 15 is 0 Å². The summed E-state index contributed by atoms with van der Waals surface area (Å²) in [4.78, 5) is 7.22. The second kappa shape index (κ2) is 4.97. The van der Waals surface area contributed by atoms with Crippen LogP contribution >= 0.6 is 0 Å². The van der Waals surface area contributed by atoms with Crippen molar-refractivity contribution in [1.82, 2.24) is 15.3 Å². The zero-order valence-corrected chi connectivity index (χ0v) is 9.75. The van der Waals surface area contributed by atoms with Gasteiger partial charge in [0.05, 0.1) is 24.8 Å². The minimum absolute atomic E-state index is 0.236. The SMILES string of the molecule is CNCc1[nH]cnc1-c1ccc(OC)c(F)c1. The molecule has 2 rings (SSSR count). The number of hydrogen-bond donors (Lipinski definition) is 2. The van der Waals surface area contributed by atoms with Gasteiger partial charge >= 0.3 is 0 Å². The quantitative estimate of drug-likeness (QED) is 0.851. The van der Waals surface area contributed by atoms with Gasteiger partial charge in [-0.05, 0) is 25.2 Å². The Bertz CT molecular complexity index is 510. The predicted octanol–water partition coefficient (Wildman–Crippen LogP) is 1.94. The number of imidazole rings is 1. The van der Waals surface area contributed by atoms with Gasteiger partial charge in [-0.1, -0.05) is 0 Å². The van der Waals surface area contributed by atoms with Crippen LogP contribution in [0.5, 0.6) is 5.75 Å². The van der Waals surface area contributed by atoms with E-state index in [4.69, 9.17) is 4.74 Å². The molecule has 90 valence electrons. The molecule has 1 heterocycles. The number of methoxy groups -OCH3 is 1. The van der Waals surface area contributed by atoms with Crippen LogP contribution in [0.2, 0.25) is 0 Å². The lowest BCUT2D eigenvalue weighted by molar-refractivity contribution is 0.386. The molecule has 0 fully saturated rings. The van der Waals surface area contributed by atoms with Gasteiger partial charge in [-0.2, -0.15) is 0 Å². The summed E-state index contributed by atoms with van der Waals surface area (Å²) in [6.07, 6.45) is 1.60. The third kappa shape index (κ3) is 2.29. The van der Waals surface area contributed by atoms with E-state index in [0.717, 1.165) is 17.0 Å². The summed E-state index contributed by atoms with van der Waals surface area (Å²) in [6.45, 7) is 0.656. The molecular formula is C12H14FN3O. The number of aromatic nitrogens is 2. The molecule has 0 amide bonds. The molecule has 2 aromatic rings. The van der Waals surface area contributed by atoms with Crippen molar-refractivity contribution in [2.75, 3.05) is 14.2 Å². The first-order valence-electron chi connectivity index (χ1n) is 5.27. The van der Waals surface area contributed by atoms with Crippen molar-refractivity contribution in [2.45, 2.75) is 6.54 Å². The standard InChI is InChI=1S/C12H14FN3O/c1-14-6-10-12(16-7-15-10)8-3-4-11(17-2)9(13)5-8/h3-5,7,14H,6H2,1-2H3,(H,15,16). The molecule has 1 aromatic heterocycles. The van der Waals surface area contributed by atoms with Crippen molar-refractivity contribution in [3.05, 3.63) is 36.0 Å². The molecule has 0 aliphatic carbocycles. The fourth-order valence-electron chi connectivity index (χ4n) is 1.69. The number of H-pyrrole nitrogens is 1. The molecule has 2 N–H and O–H groups in total. The fourth-order valence-corrected chi connectivity index (χ4v) is 1.69. The maximum absolute atomic E-state index is 13.6. The first-order chi connectivity index (χ1) is 8.26. The number of rotatable bonds is 4. The molecule has 0 aliphatic heterocycles. The Hall–Kier alpha value is -1.88. The second-order valence-corrected chi connectivity index (χ2v) is 3.61. The normalized spacial score (nSPS) is 10.5. The molecule has 0 radical (unpaired) electrons. The third-order valence-corrected chi connectivity index (χ3v) is 2.50. The van der Waals surface area contributed by atoms with Crippen LogP contribution in [0, 0.1) is 5.82 Å². The van der Waals surface area contributed by atoms with Crippen molar-refractivity contribution in [3.8, 4) is 17.0 Å². The second-order valence-electron chi connectivity index (χ2n) is 3.61. The summed E-state index contributed by atoms with van der Waals surface area (Å²) in [5.74, 6) is -0.150. The monoisotopic (exact) mass is 235 g/mol. The van der Waals surface area contributed by atoms with E-state index in [1.165, 1.54) is 13.2 Å². The van der Waals surface area contributed by atoms with Crippen LogP contribution in [-0.2, 0) is 6.54 Å². The van der Waals surface area contributed by atoms with Crippen LogP contribution in [0.4, 0.5) is 4.39 Å². The largest absolute Gasteiger partial charge is 0.494 e. The molecule has 0 unspecified atom stereocenters. The maximum atomic E-state index is 13.6. The number of hydrogen-bond acceptors (Lipinski definition) is 3. The van der Waals surface area contributed by atoms with Crippen molar-refractivity contribution in [1.29, 1.82) is 0 Å². The van der Waals surface area contributed by atoms with Crippen LogP contribution in [0.3, 0.4) is 0 Å². The molecule has 0 aliphatic rings. The van der Waals surface area contributed by atoms with Crippen molar-refractivity contribution in [2.24, 2.45) is 0 Å². The van der Waals surface area contributed by atoms with Crippen LogP contribution < -0.4 is 10.1 Å². The lowest BCUT2D eigenvalue weighted by Crippen LogP contribution is -2.06. The molecule has 1 aromatic carbocycles. The maximum Gasteiger partial charge on any atom is 0.165 e. The van der Waals surface area contributed by atoms with Crippen molar-refractivity contribution >= 4 is 0 Å². The Kier molecular flexibility index (Phi) is 3.39. The molecular weight excluding hydrogens is 221 g/mol. The van der Waals surface area contributed by atoms with Crippen LogP contribution in [0.25, 0.3) is 11.3 Å². The molecule has 17 heavy (non-hydrogen) atoms. The summed E-state index contributed by atoms with van der Waals surface area (Å²) < 4.78 is 18.5. The highest BCUT2D eigenvalue weighted by Crippen LogP contribution is 2.25. The smallest absolute Gasteiger partial charge is 0.165 e. The Labute approximate surface area is 98.8 Å². The van der Waals surface area contributed by atoms with Gasteiger partial charge in [0.1, 0.15) is 0 Å². The Balaban J connectivity index is 2.39. The average molecular weight is 235 g/mol. The predicted molar refractivity (Wildman–Crippen MR) is 63.3 cm³/mol. The van der Waals surface area contributed by atoms with E-state index in [0.29, 0.717) is 6.54 Å². The number of aromatic amines is 1. The number of halogens is 1. The minimum Gasteiger partial charge on any atom is -0.494 e. The Morgan fingerprint density at radius 1 is 1.47 bits per heavy atom. The number of nitrogens with zero attached hydrogens (tertiary/aromatic N) is 1. The summed E-state index contributed by atoms with van der Waals surface area (Å²) in [6, 6.07) is 4.81. The minimum atomic E-state index is -0.386. The third-order valence-electron chi connectivity index (χ3n) is 2.50. The zero-order valence-electron chi connectivity index (χ0n) is 9.75. The van der Waals surface area contributed by atoms with Crippen molar-refractivity contribution < 1.29 is 9.13 Å². The van der Waals surface area contributed by atoms with Gasteiger partial charge in [-0.25, -0.2) is 9.37 Å². The first-order valence-corrected chi connectivity index (χ1v) is 5.27. The Morgan fingerprint density at radius 3 is 2.94 bits per heavy atom. The molecule has 0 saturated carbocycles. The zero-order chi connectivity index (χ0) is 12.3. The van der Waals surface area contributed by atoms with Gasteiger partial charge in [0, 0.05) is 12.1 Å². The first kappa shape index (κ1) is 11.6. The van der Waals surface area contributed by atoms with Crippen LogP contribution in [0.15, 0.2) is 24.5 Å². The van der Waals surface area contributed by atoms with E-state index in [1.807, 2.05) is 7.05 Å². The van der Waals surface area contributed by atoms with Gasteiger partial charge in [-0.15, -0.1) is 0 Å². The highest BCUT2D eigenvalue weighted by molar-refractivity contribution is 5.62. The molecule has 0 spiro atoms. The lowest BCUT2D eigenvalue weighted by atomic mass is 10.1. The van der Waals surface area contributed by atoms with Gasteiger partial charge in [0.15, 0.2) is 11.6 Å². The van der Waals surface area contributed by atoms with Crippen molar-refractivity contribution in [3.63, 3.8) is 0 Å². The average Bonchev–Trinajstić information content (AvgIpc) is 2.78. The summed E-state index contributed by atoms with van der Waals surface area (Å²) in [5, 5.41) is 3.03. The molecule has 5 heteroatoms. The summed E-state index contributed by atoms with van der Waals surface area (Å²) >= 11 is 0. The van der Waals surface area contributed by atoms with E-state index in [-0.39, 0.29) is 11.6 Å². The number of nitrogens with one attached hydrogen (secondary N) is 2. The topological polar surface area (TPSA) is 49.9 Å². The summed E-state index contributed by atoms with van der Waals surface area (Å²) in [7, 11) is 3.29. The van der Waals surface area contributed by atoms with Gasteiger partial charge in [0.2, 0.25) is 0 Å². The van der Waals surface area contributed by atoms with Crippen LogP contribution in [0.1, 0.15) is 5.69 Å². The van der Waals surface area contributed by atoms with E-state index < -0.39 is 0 Å².